The molecule has 0 aromatic heterocycles. The summed E-state index contributed by atoms with van der Waals surface area (Å²) in [6, 6.07) is 23.2. The molecular formula is C31H44N2O. The van der Waals surface area contributed by atoms with Crippen LogP contribution in [0.3, 0.4) is 0 Å². The molecule has 4 rings (SSSR count). The van der Waals surface area contributed by atoms with Gasteiger partial charge in [0, 0.05) is 18.7 Å². The van der Waals surface area contributed by atoms with Crippen LogP contribution in [0.4, 0.5) is 0 Å². The van der Waals surface area contributed by atoms with Crippen LogP contribution >= 0.6 is 0 Å². The van der Waals surface area contributed by atoms with Gasteiger partial charge in [0.2, 0.25) is 0 Å². The molecule has 0 bridgehead atoms. The predicted octanol–water partition coefficient (Wildman–Crippen LogP) is 7.78. The molecule has 184 valence electrons. The van der Waals surface area contributed by atoms with Gasteiger partial charge in [0.15, 0.2) is 0 Å². The third-order valence-electron chi connectivity index (χ3n) is 6.74. The Morgan fingerprint density at radius 1 is 0.794 bits per heavy atom. The summed E-state index contributed by atoms with van der Waals surface area (Å²) in [4.78, 5) is 4.57. The van der Waals surface area contributed by atoms with Crippen molar-refractivity contribution in [2.45, 2.75) is 60.0 Å². The van der Waals surface area contributed by atoms with Gasteiger partial charge in [-0.05, 0) is 68.1 Å². The van der Waals surface area contributed by atoms with Crippen molar-refractivity contribution in [3.8, 4) is 16.9 Å². The lowest BCUT2D eigenvalue weighted by atomic mass is 9.94. The summed E-state index contributed by atoms with van der Waals surface area (Å²) in [5.41, 5.74) is 7.46. The van der Waals surface area contributed by atoms with E-state index in [1.165, 1.54) is 22.3 Å². The van der Waals surface area contributed by atoms with Gasteiger partial charge in [-0.25, -0.2) is 0 Å². The first-order chi connectivity index (χ1) is 16.3. The van der Waals surface area contributed by atoms with Gasteiger partial charge in [0.25, 0.3) is 0 Å². The third kappa shape index (κ3) is 6.49. The smallest absolute Gasteiger partial charge is 0.125 e. The van der Waals surface area contributed by atoms with Gasteiger partial charge in [-0.2, -0.15) is 0 Å². The topological polar surface area (TPSA) is 26.7 Å². The summed E-state index contributed by atoms with van der Waals surface area (Å²) >= 11 is 0. The maximum Gasteiger partial charge on any atom is 0.125 e. The number of phenols is 1. The molecule has 1 N–H and O–H groups in total. The molecule has 34 heavy (non-hydrogen) atoms. The van der Waals surface area contributed by atoms with Crippen LogP contribution in [-0.4, -0.2) is 42.1 Å². The van der Waals surface area contributed by atoms with Gasteiger partial charge >= 0.3 is 0 Å². The van der Waals surface area contributed by atoms with E-state index in [0.717, 1.165) is 30.6 Å². The van der Waals surface area contributed by atoms with E-state index in [-0.39, 0.29) is 6.17 Å². The molecule has 1 heterocycles. The van der Waals surface area contributed by atoms with E-state index in [1.54, 1.807) is 0 Å². The van der Waals surface area contributed by atoms with Crippen molar-refractivity contribution in [3.63, 3.8) is 0 Å². The van der Waals surface area contributed by atoms with Gasteiger partial charge in [-0.3, -0.25) is 9.80 Å². The number of rotatable bonds is 4. The minimum Gasteiger partial charge on any atom is -0.507 e. The zero-order valence-corrected chi connectivity index (χ0v) is 22.5. The number of hydrogen-bond acceptors (Lipinski definition) is 3. The number of aryl methyl sites for hydroxylation is 2. The Bertz CT molecular complexity index is 976. The SMILES string of the molecule is CC.CCC(C)c1cccc(C2N(C)CCN2C)c1O.Cc1ccccc1-c1ccccc1C. The van der Waals surface area contributed by atoms with E-state index >= 15 is 0 Å². The monoisotopic (exact) mass is 460 g/mol. The molecule has 1 aliphatic heterocycles. The summed E-state index contributed by atoms with van der Waals surface area (Å²) in [5, 5.41) is 10.5. The van der Waals surface area contributed by atoms with Crippen molar-refractivity contribution < 1.29 is 5.11 Å². The van der Waals surface area contributed by atoms with Gasteiger partial charge < -0.3 is 5.11 Å². The van der Waals surface area contributed by atoms with Crippen molar-refractivity contribution in [1.29, 1.82) is 0 Å². The van der Waals surface area contributed by atoms with Gasteiger partial charge in [0.1, 0.15) is 5.75 Å². The summed E-state index contributed by atoms with van der Waals surface area (Å²) in [6.45, 7) is 14.7. The Morgan fingerprint density at radius 3 is 1.71 bits per heavy atom. The first-order valence-corrected chi connectivity index (χ1v) is 12.7. The van der Waals surface area contributed by atoms with Crippen LogP contribution in [0.25, 0.3) is 11.1 Å². The first-order valence-electron chi connectivity index (χ1n) is 12.7. The Kier molecular flexibility index (Phi) is 10.8. The second kappa shape index (κ2) is 13.3. The molecule has 0 spiro atoms. The average molecular weight is 461 g/mol. The van der Waals surface area contributed by atoms with E-state index in [0.29, 0.717) is 11.7 Å². The van der Waals surface area contributed by atoms with Gasteiger partial charge in [0.05, 0.1) is 6.17 Å². The molecule has 0 saturated carbocycles. The molecule has 3 nitrogen and oxygen atoms in total. The number of nitrogens with zero attached hydrogens (tertiary/aromatic N) is 2. The number of para-hydroxylation sites is 1. The van der Waals surface area contributed by atoms with Crippen molar-refractivity contribution in [1.82, 2.24) is 9.80 Å². The zero-order valence-electron chi connectivity index (χ0n) is 22.5. The van der Waals surface area contributed by atoms with E-state index in [1.807, 2.05) is 26.0 Å². The fourth-order valence-corrected chi connectivity index (χ4v) is 4.53. The van der Waals surface area contributed by atoms with Crippen molar-refractivity contribution in [2.75, 3.05) is 27.2 Å². The molecule has 1 saturated heterocycles. The maximum absolute atomic E-state index is 10.5. The highest BCUT2D eigenvalue weighted by Crippen LogP contribution is 2.38. The number of likely N-dealkylation sites (N-methyl/N-ethyl adjacent to an activating group) is 2. The Hall–Kier alpha value is -2.62. The van der Waals surface area contributed by atoms with E-state index in [4.69, 9.17) is 0 Å². The Morgan fingerprint density at radius 2 is 1.26 bits per heavy atom. The molecular weight excluding hydrogens is 416 g/mol. The largest absolute Gasteiger partial charge is 0.507 e. The third-order valence-corrected chi connectivity index (χ3v) is 6.74. The number of aromatic hydroxyl groups is 1. The Labute approximate surface area is 208 Å². The van der Waals surface area contributed by atoms with Gasteiger partial charge in [-0.15, -0.1) is 0 Å². The molecule has 1 aliphatic rings. The minimum absolute atomic E-state index is 0.203. The van der Waals surface area contributed by atoms with Gasteiger partial charge in [-0.1, -0.05) is 94.4 Å². The standard InChI is InChI=1S/C15H24N2O.C14H14.C2H6/c1-5-11(2)12-7-6-8-13(14(12)18)15-16(3)9-10-17(15)4;1-11-7-3-5-9-13(11)14-10-6-4-8-12(14)2;1-2/h6-8,11,15,18H,5,9-10H2,1-4H3;3-10H,1-2H3;1-2H3. The fraction of sp³-hybridized carbons (Fsp3) is 0.419. The lowest BCUT2D eigenvalue weighted by Crippen LogP contribution is -2.25. The van der Waals surface area contributed by atoms with Crippen LogP contribution in [0, 0.1) is 13.8 Å². The second-order valence-electron chi connectivity index (χ2n) is 9.06. The summed E-state index contributed by atoms with van der Waals surface area (Å²) in [7, 11) is 4.23. The molecule has 0 aliphatic carbocycles. The van der Waals surface area contributed by atoms with E-state index < -0.39 is 0 Å². The highest BCUT2D eigenvalue weighted by Gasteiger charge is 2.30. The van der Waals surface area contributed by atoms with Crippen LogP contribution in [0.1, 0.15) is 68.5 Å². The molecule has 3 aromatic carbocycles. The van der Waals surface area contributed by atoms with Crippen LogP contribution in [0.2, 0.25) is 0 Å². The number of benzene rings is 3. The average Bonchev–Trinajstić information content (AvgIpc) is 3.19. The first kappa shape index (κ1) is 27.6. The van der Waals surface area contributed by atoms with Crippen LogP contribution in [0.15, 0.2) is 66.7 Å². The molecule has 0 amide bonds. The van der Waals surface area contributed by atoms with Crippen molar-refractivity contribution >= 4 is 0 Å². The zero-order chi connectivity index (χ0) is 25.3. The quantitative estimate of drug-likeness (QED) is 0.430. The second-order valence-corrected chi connectivity index (χ2v) is 9.06. The number of hydrogen-bond donors (Lipinski definition) is 1. The highest BCUT2D eigenvalue weighted by atomic mass is 16.3. The molecule has 3 aromatic rings. The summed E-state index contributed by atoms with van der Waals surface area (Å²) in [6.07, 6.45) is 1.25. The lowest BCUT2D eigenvalue weighted by Gasteiger charge is -2.27. The molecule has 0 radical (unpaired) electrons. The molecule has 1 unspecified atom stereocenters. The van der Waals surface area contributed by atoms with Crippen molar-refractivity contribution in [3.05, 3.63) is 89.0 Å². The highest BCUT2D eigenvalue weighted by molar-refractivity contribution is 5.70. The fourth-order valence-electron chi connectivity index (χ4n) is 4.53. The maximum atomic E-state index is 10.5. The van der Waals surface area contributed by atoms with Crippen LogP contribution in [0.5, 0.6) is 5.75 Å². The molecule has 3 heteroatoms. The van der Waals surface area contributed by atoms with E-state index in [9.17, 15) is 5.11 Å². The molecule has 1 atom stereocenters. The summed E-state index contributed by atoms with van der Waals surface area (Å²) in [5.74, 6) is 0.888. The normalized spacial score (nSPS) is 15.2. The summed E-state index contributed by atoms with van der Waals surface area (Å²) < 4.78 is 0. The molecule has 1 fully saturated rings. The Balaban J connectivity index is 0.000000230. The van der Waals surface area contributed by atoms with Crippen LogP contribution in [-0.2, 0) is 0 Å². The predicted molar refractivity (Wildman–Crippen MR) is 148 cm³/mol. The van der Waals surface area contributed by atoms with Crippen molar-refractivity contribution in [2.24, 2.45) is 0 Å². The van der Waals surface area contributed by atoms with Crippen LogP contribution < -0.4 is 0 Å². The van der Waals surface area contributed by atoms with E-state index in [2.05, 4.69) is 106 Å². The lowest BCUT2D eigenvalue weighted by molar-refractivity contribution is 0.186. The minimum atomic E-state index is 0.203. The number of phenolic OH excluding ortho intramolecular Hbond substituents is 1.